The standard InChI is InChI=1S/C24H27N3O2Si/c1-16-13-22(27(15-16)24(28)29)23-25-20-10-9-19(14-21(20)26-23)18-7-5-17(6-8-18)11-12-30(2,3)4/h5-10,14,16,22H,13,15H2,1-4H3,(H,25,26)(H,28,29)/t16-,22-/m0/s1. The van der Waals surface area contributed by atoms with Crippen molar-refractivity contribution in [3.05, 3.63) is 53.9 Å². The van der Waals surface area contributed by atoms with Gasteiger partial charge < -0.3 is 10.1 Å². The predicted octanol–water partition coefficient (Wildman–Crippen LogP) is 5.52. The summed E-state index contributed by atoms with van der Waals surface area (Å²) in [6, 6.07) is 14.2. The third-order valence-corrected chi connectivity index (χ3v) is 6.25. The van der Waals surface area contributed by atoms with Crippen LogP contribution in [0.2, 0.25) is 19.6 Å². The van der Waals surface area contributed by atoms with Gasteiger partial charge in [0.25, 0.3) is 0 Å². The number of rotatable bonds is 2. The second-order valence-electron chi connectivity index (χ2n) is 9.22. The first-order chi connectivity index (χ1) is 14.2. The zero-order valence-corrected chi connectivity index (χ0v) is 18.9. The van der Waals surface area contributed by atoms with Gasteiger partial charge in [0.05, 0.1) is 17.1 Å². The molecule has 0 unspecified atom stereocenters. The number of aromatic nitrogens is 2. The minimum Gasteiger partial charge on any atom is -0.465 e. The van der Waals surface area contributed by atoms with E-state index in [1.54, 1.807) is 0 Å². The summed E-state index contributed by atoms with van der Waals surface area (Å²) in [4.78, 5) is 21.2. The molecular weight excluding hydrogens is 390 g/mol. The lowest BCUT2D eigenvalue weighted by atomic mass is 10.0. The molecule has 1 aliphatic rings. The first kappa shape index (κ1) is 20.2. The monoisotopic (exact) mass is 417 g/mol. The van der Waals surface area contributed by atoms with Gasteiger partial charge in [-0.3, -0.25) is 4.90 Å². The molecule has 1 saturated heterocycles. The number of amides is 1. The normalized spacial score (nSPS) is 19.0. The number of likely N-dealkylation sites (tertiary alicyclic amines) is 1. The number of benzene rings is 2. The van der Waals surface area contributed by atoms with Gasteiger partial charge in [-0.25, -0.2) is 9.78 Å². The maximum Gasteiger partial charge on any atom is 0.407 e. The van der Waals surface area contributed by atoms with Crippen LogP contribution in [-0.2, 0) is 0 Å². The molecule has 0 radical (unpaired) electrons. The number of aromatic amines is 1. The van der Waals surface area contributed by atoms with Gasteiger partial charge in [0.1, 0.15) is 13.9 Å². The van der Waals surface area contributed by atoms with E-state index in [9.17, 15) is 9.90 Å². The van der Waals surface area contributed by atoms with Gasteiger partial charge in [0.2, 0.25) is 0 Å². The SMILES string of the molecule is C[C@H]1C[C@@H](c2nc3cc(-c4ccc(C#C[Si](C)(C)C)cc4)ccc3[nH]2)N(C(=O)O)C1. The highest BCUT2D eigenvalue weighted by Gasteiger charge is 2.36. The molecule has 0 saturated carbocycles. The summed E-state index contributed by atoms with van der Waals surface area (Å²) in [5.41, 5.74) is 8.41. The van der Waals surface area contributed by atoms with E-state index < -0.39 is 14.2 Å². The molecule has 5 nitrogen and oxygen atoms in total. The Hall–Kier alpha value is -3.04. The molecule has 0 bridgehead atoms. The van der Waals surface area contributed by atoms with Gasteiger partial charge in [-0.05, 0) is 47.7 Å². The zero-order chi connectivity index (χ0) is 21.5. The van der Waals surface area contributed by atoms with E-state index in [0.717, 1.165) is 40.0 Å². The number of imidazole rings is 1. The zero-order valence-electron chi connectivity index (χ0n) is 17.9. The summed E-state index contributed by atoms with van der Waals surface area (Å²) in [5, 5.41) is 9.51. The van der Waals surface area contributed by atoms with E-state index in [1.165, 1.54) is 4.90 Å². The molecule has 30 heavy (non-hydrogen) atoms. The Morgan fingerprint density at radius 3 is 2.53 bits per heavy atom. The number of nitrogens with one attached hydrogen (secondary N) is 1. The Kier molecular flexibility index (Phi) is 5.16. The summed E-state index contributed by atoms with van der Waals surface area (Å²) in [6.45, 7) is 9.35. The lowest BCUT2D eigenvalue weighted by molar-refractivity contribution is 0.138. The smallest absolute Gasteiger partial charge is 0.407 e. The third-order valence-electron chi connectivity index (χ3n) is 5.37. The van der Waals surface area contributed by atoms with Crippen molar-refractivity contribution in [3.63, 3.8) is 0 Å². The van der Waals surface area contributed by atoms with Gasteiger partial charge in [0.15, 0.2) is 0 Å². The second kappa shape index (κ2) is 7.65. The van der Waals surface area contributed by atoms with Crippen LogP contribution in [-0.4, -0.2) is 40.7 Å². The molecule has 1 aliphatic heterocycles. The van der Waals surface area contributed by atoms with Crippen LogP contribution in [0.1, 0.15) is 30.8 Å². The van der Waals surface area contributed by atoms with Crippen LogP contribution in [0.3, 0.4) is 0 Å². The summed E-state index contributed by atoms with van der Waals surface area (Å²) in [7, 11) is -1.39. The van der Waals surface area contributed by atoms with Crippen molar-refractivity contribution in [2.24, 2.45) is 5.92 Å². The number of hydrogen-bond donors (Lipinski definition) is 2. The molecule has 2 aromatic carbocycles. The Balaban J connectivity index is 1.61. The first-order valence-electron chi connectivity index (χ1n) is 10.3. The number of H-pyrrole nitrogens is 1. The molecule has 0 spiro atoms. The first-order valence-corrected chi connectivity index (χ1v) is 13.8. The fourth-order valence-electron chi connectivity index (χ4n) is 3.89. The largest absolute Gasteiger partial charge is 0.465 e. The maximum atomic E-state index is 11.6. The van der Waals surface area contributed by atoms with Crippen molar-refractivity contribution in [3.8, 4) is 22.6 Å². The van der Waals surface area contributed by atoms with Crippen molar-refractivity contribution in [1.29, 1.82) is 0 Å². The lowest BCUT2D eigenvalue weighted by Crippen LogP contribution is -2.29. The fourth-order valence-corrected chi connectivity index (χ4v) is 4.40. The van der Waals surface area contributed by atoms with Crippen LogP contribution in [0, 0.1) is 17.4 Å². The summed E-state index contributed by atoms with van der Waals surface area (Å²) in [6.07, 6.45) is -0.0957. The van der Waals surface area contributed by atoms with Crippen LogP contribution in [0.5, 0.6) is 0 Å². The highest BCUT2D eigenvalue weighted by Crippen LogP contribution is 2.35. The Morgan fingerprint density at radius 1 is 1.17 bits per heavy atom. The van der Waals surface area contributed by atoms with E-state index >= 15 is 0 Å². The van der Waals surface area contributed by atoms with Crippen LogP contribution in [0.25, 0.3) is 22.2 Å². The van der Waals surface area contributed by atoms with E-state index in [1.807, 2.05) is 6.07 Å². The van der Waals surface area contributed by atoms with Crippen molar-refractivity contribution in [1.82, 2.24) is 14.9 Å². The van der Waals surface area contributed by atoms with Crippen LogP contribution < -0.4 is 0 Å². The van der Waals surface area contributed by atoms with Gasteiger partial charge in [-0.1, -0.05) is 50.7 Å². The highest BCUT2D eigenvalue weighted by atomic mass is 28.3. The van der Waals surface area contributed by atoms with E-state index in [0.29, 0.717) is 12.5 Å². The molecule has 1 fully saturated rings. The van der Waals surface area contributed by atoms with Gasteiger partial charge >= 0.3 is 6.09 Å². The molecule has 2 N–H and O–H groups in total. The molecule has 0 aliphatic carbocycles. The van der Waals surface area contributed by atoms with Crippen molar-refractivity contribution < 1.29 is 9.90 Å². The van der Waals surface area contributed by atoms with Crippen LogP contribution in [0.15, 0.2) is 42.5 Å². The molecule has 2 heterocycles. The molecule has 2 atom stereocenters. The average molecular weight is 418 g/mol. The summed E-state index contributed by atoms with van der Waals surface area (Å²) in [5.74, 6) is 4.34. The Bertz CT molecular complexity index is 1150. The Labute approximate surface area is 178 Å². The molecule has 1 aromatic heterocycles. The predicted molar refractivity (Wildman–Crippen MR) is 123 cm³/mol. The van der Waals surface area contributed by atoms with Crippen molar-refractivity contribution >= 4 is 25.2 Å². The van der Waals surface area contributed by atoms with Gasteiger partial charge in [-0.2, -0.15) is 0 Å². The molecule has 154 valence electrons. The van der Waals surface area contributed by atoms with Crippen molar-refractivity contribution in [2.45, 2.75) is 39.0 Å². The number of nitrogens with zero attached hydrogens (tertiary/aromatic N) is 2. The minimum atomic E-state index is -1.39. The molecular formula is C24H27N3O2Si. The number of hydrogen-bond acceptors (Lipinski definition) is 2. The number of carboxylic acid groups (broad SMARTS) is 1. The second-order valence-corrected chi connectivity index (χ2v) is 14.0. The quantitative estimate of drug-likeness (QED) is 0.426. The van der Waals surface area contributed by atoms with E-state index in [2.05, 4.69) is 79.4 Å². The van der Waals surface area contributed by atoms with Crippen LogP contribution >= 0.6 is 0 Å². The lowest BCUT2D eigenvalue weighted by Gasteiger charge is -2.19. The van der Waals surface area contributed by atoms with Gasteiger partial charge in [0, 0.05) is 12.1 Å². The fraction of sp³-hybridized carbons (Fsp3) is 0.333. The van der Waals surface area contributed by atoms with E-state index in [-0.39, 0.29) is 6.04 Å². The maximum absolute atomic E-state index is 11.6. The molecule has 1 amide bonds. The average Bonchev–Trinajstić information content (AvgIpc) is 3.29. The third kappa shape index (κ3) is 4.26. The highest BCUT2D eigenvalue weighted by molar-refractivity contribution is 6.83. The molecule has 3 aromatic rings. The van der Waals surface area contributed by atoms with Crippen LogP contribution in [0.4, 0.5) is 4.79 Å². The topological polar surface area (TPSA) is 69.2 Å². The van der Waals surface area contributed by atoms with Gasteiger partial charge in [-0.15, -0.1) is 5.54 Å². The molecule has 6 heteroatoms. The van der Waals surface area contributed by atoms with Crippen molar-refractivity contribution in [2.75, 3.05) is 6.54 Å². The molecule has 4 rings (SSSR count). The van der Waals surface area contributed by atoms with E-state index in [4.69, 9.17) is 4.98 Å². The number of fused-ring (bicyclic) bond motifs is 1. The summed E-state index contributed by atoms with van der Waals surface area (Å²) >= 11 is 0. The minimum absolute atomic E-state index is 0.211. The summed E-state index contributed by atoms with van der Waals surface area (Å²) < 4.78 is 0. The Morgan fingerprint density at radius 2 is 1.87 bits per heavy atom. The number of carbonyl (C=O) groups is 1.